The Morgan fingerprint density at radius 2 is 1.42 bits per heavy atom. The Balaban J connectivity index is 0.00000180. The molecule has 0 spiro atoms. The molecule has 4 heteroatoms. The standard InChI is InChI=1S/C15H17N3.ClH/c16-14(17)15(18,13-9-5-2-6-10-13)11-12-7-3-1-4-8-12;/h1-10H,11,18H2,(H3,16,17);1H. The summed E-state index contributed by atoms with van der Waals surface area (Å²) in [6.07, 6.45) is 0.521. The zero-order chi connectivity index (χ0) is 13.0. The Bertz CT molecular complexity index is 528. The summed E-state index contributed by atoms with van der Waals surface area (Å²) < 4.78 is 0. The number of hydrogen-bond acceptors (Lipinski definition) is 2. The largest absolute Gasteiger partial charge is 0.386 e. The molecule has 100 valence electrons. The summed E-state index contributed by atoms with van der Waals surface area (Å²) in [5, 5.41) is 7.79. The number of amidine groups is 1. The van der Waals surface area contributed by atoms with Crippen LogP contribution in [0.15, 0.2) is 60.7 Å². The molecule has 19 heavy (non-hydrogen) atoms. The van der Waals surface area contributed by atoms with Gasteiger partial charge >= 0.3 is 0 Å². The SMILES string of the molecule is Cl.N=C(N)C(N)(Cc1ccccc1)c1ccccc1. The topological polar surface area (TPSA) is 75.9 Å². The molecule has 0 radical (unpaired) electrons. The van der Waals surface area contributed by atoms with Crippen molar-refractivity contribution < 1.29 is 0 Å². The molecule has 0 saturated carbocycles. The van der Waals surface area contributed by atoms with Crippen LogP contribution >= 0.6 is 12.4 Å². The van der Waals surface area contributed by atoms with E-state index in [9.17, 15) is 0 Å². The first-order valence-electron chi connectivity index (χ1n) is 5.86. The molecule has 0 heterocycles. The lowest BCUT2D eigenvalue weighted by Crippen LogP contribution is -2.50. The maximum absolute atomic E-state index is 7.79. The predicted molar refractivity (Wildman–Crippen MR) is 81.6 cm³/mol. The molecule has 1 unspecified atom stereocenters. The van der Waals surface area contributed by atoms with Gasteiger partial charge in [-0.15, -0.1) is 12.4 Å². The van der Waals surface area contributed by atoms with Crippen molar-refractivity contribution in [2.45, 2.75) is 12.0 Å². The summed E-state index contributed by atoms with van der Waals surface area (Å²) in [5.74, 6) is -0.0162. The maximum Gasteiger partial charge on any atom is 0.116 e. The van der Waals surface area contributed by atoms with Crippen LogP contribution in [0.3, 0.4) is 0 Å². The van der Waals surface area contributed by atoms with Crippen molar-refractivity contribution >= 4 is 18.2 Å². The van der Waals surface area contributed by atoms with Crippen LogP contribution in [0.5, 0.6) is 0 Å². The average molecular weight is 276 g/mol. The molecular weight excluding hydrogens is 258 g/mol. The quantitative estimate of drug-likeness (QED) is 0.592. The summed E-state index contributed by atoms with van der Waals surface area (Å²) in [7, 11) is 0. The van der Waals surface area contributed by atoms with E-state index in [-0.39, 0.29) is 18.2 Å². The monoisotopic (exact) mass is 275 g/mol. The van der Waals surface area contributed by atoms with E-state index in [2.05, 4.69) is 0 Å². The normalized spacial score (nSPS) is 13.1. The van der Waals surface area contributed by atoms with Crippen LogP contribution in [-0.2, 0) is 12.0 Å². The molecule has 5 N–H and O–H groups in total. The van der Waals surface area contributed by atoms with E-state index in [1.54, 1.807) is 0 Å². The first kappa shape index (κ1) is 15.2. The Kier molecular flexibility index (Phi) is 5.10. The van der Waals surface area contributed by atoms with Gasteiger partial charge in [-0.05, 0) is 11.1 Å². The lowest BCUT2D eigenvalue weighted by atomic mass is 9.84. The van der Waals surface area contributed by atoms with Gasteiger partial charge in [-0.25, -0.2) is 0 Å². The van der Waals surface area contributed by atoms with Crippen molar-refractivity contribution in [3.05, 3.63) is 71.8 Å². The van der Waals surface area contributed by atoms with E-state index in [4.69, 9.17) is 16.9 Å². The van der Waals surface area contributed by atoms with Gasteiger partial charge < -0.3 is 11.5 Å². The summed E-state index contributed by atoms with van der Waals surface area (Å²) in [6, 6.07) is 19.4. The molecule has 0 saturated heterocycles. The predicted octanol–water partition coefficient (Wildman–Crippen LogP) is 2.44. The van der Waals surface area contributed by atoms with Gasteiger partial charge in [-0.2, -0.15) is 0 Å². The third kappa shape index (κ3) is 3.34. The molecule has 0 aliphatic carbocycles. The fourth-order valence-corrected chi connectivity index (χ4v) is 2.01. The Labute approximate surface area is 119 Å². The van der Waals surface area contributed by atoms with Gasteiger partial charge in [0.2, 0.25) is 0 Å². The van der Waals surface area contributed by atoms with E-state index in [0.717, 1.165) is 11.1 Å². The van der Waals surface area contributed by atoms with Crippen LogP contribution in [-0.4, -0.2) is 5.84 Å². The van der Waals surface area contributed by atoms with Crippen LogP contribution < -0.4 is 11.5 Å². The number of nitrogens with one attached hydrogen (secondary N) is 1. The molecule has 3 nitrogen and oxygen atoms in total. The number of hydrogen-bond donors (Lipinski definition) is 3. The van der Waals surface area contributed by atoms with Crippen LogP contribution in [0.2, 0.25) is 0 Å². The van der Waals surface area contributed by atoms with Gasteiger partial charge in [-0.3, -0.25) is 5.41 Å². The van der Waals surface area contributed by atoms with Crippen molar-refractivity contribution in [2.75, 3.05) is 0 Å². The summed E-state index contributed by atoms with van der Waals surface area (Å²) in [5.41, 5.74) is 13.0. The van der Waals surface area contributed by atoms with Crippen LogP contribution in [0, 0.1) is 5.41 Å². The van der Waals surface area contributed by atoms with E-state index < -0.39 is 5.54 Å². The first-order valence-corrected chi connectivity index (χ1v) is 5.86. The van der Waals surface area contributed by atoms with E-state index in [0.29, 0.717) is 6.42 Å². The minimum absolute atomic E-state index is 0. The highest BCUT2D eigenvalue weighted by Gasteiger charge is 2.31. The Morgan fingerprint density at radius 3 is 1.89 bits per heavy atom. The molecule has 2 rings (SSSR count). The molecule has 1 atom stereocenters. The molecule has 0 aromatic heterocycles. The highest BCUT2D eigenvalue weighted by atomic mass is 35.5. The fourth-order valence-electron chi connectivity index (χ4n) is 2.01. The summed E-state index contributed by atoms with van der Waals surface area (Å²) in [4.78, 5) is 0. The van der Waals surface area contributed by atoms with Crippen molar-refractivity contribution in [1.29, 1.82) is 5.41 Å². The highest BCUT2D eigenvalue weighted by Crippen LogP contribution is 2.23. The smallest absolute Gasteiger partial charge is 0.116 e. The van der Waals surface area contributed by atoms with Gasteiger partial charge in [0.05, 0.1) is 0 Å². The van der Waals surface area contributed by atoms with Gasteiger partial charge in [-0.1, -0.05) is 60.7 Å². The molecule has 2 aromatic carbocycles. The average Bonchev–Trinajstić information content (AvgIpc) is 2.40. The zero-order valence-electron chi connectivity index (χ0n) is 10.5. The fraction of sp³-hybridized carbons (Fsp3) is 0.133. The number of nitrogens with two attached hydrogens (primary N) is 2. The van der Waals surface area contributed by atoms with Crippen molar-refractivity contribution in [2.24, 2.45) is 11.5 Å². The number of benzene rings is 2. The molecular formula is C15H18ClN3. The molecule has 2 aromatic rings. The molecule has 0 aliphatic heterocycles. The molecule has 0 amide bonds. The van der Waals surface area contributed by atoms with Gasteiger partial charge in [0.1, 0.15) is 11.4 Å². The van der Waals surface area contributed by atoms with Gasteiger partial charge in [0, 0.05) is 6.42 Å². The minimum Gasteiger partial charge on any atom is -0.386 e. The third-order valence-corrected chi connectivity index (χ3v) is 3.10. The Morgan fingerprint density at radius 1 is 0.947 bits per heavy atom. The Hall–Kier alpha value is -1.84. The summed E-state index contributed by atoms with van der Waals surface area (Å²) >= 11 is 0. The van der Waals surface area contributed by atoms with Crippen molar-refractivity contribution in [1.82, 2.24) is 0 Å². The lowest BCUT2D eigenvalue weighted by Gasteiger charge is -2.29. The third-order valence-electron chi connectivity index (χ3n) is 3.10. The van der Waals surface area contributed by atoms with Gasteiger partial charge in [0.25, 0.3) is 0 Å². The van der Waals surface area contributed by atoms with Crippen LogP contribution in [0.25, 0.3) is 0 Å². The van der Waals surface area contributed by atoms with Crippen molar-refractivity contribution in [3.63, 3.8) is 0 Å². The van der Waals surface area contributed by atoms with E-state index in [1.165, 1.54) is 0 Å². The van der Waals surface area contributed by atoms with E-state index >= 15 is 0 Å². The van der Waals surface area contributed by atoms with Crippen LogP contribution in [0.1, 0.15) is 11.1 Å². The van der Waals surface area contributed by atoms with E-state index in [1.807, 2.05) is 60.7 Å². The number of rotatable bonds is 4. The molecule has 0 aliphatic rings. The number of halogens is 1. The minimum atomic E-state index is -0.942. The second kappa shape index (κ2) is 6.36. The maximum atomic E-state index is 7.79. The highest BCUT2D eigenvalue weighted by molar-refractivity contribution is 5.88. The molecule has 0 fully saturated rings. The summed E-state index contributed by atoms with van der Waals surface area (Å²) in [6.45, 7) is 0. The second-order valence-corrected chi connectivity index (χ2v) is 4.41. The lowest BCUT2D eigenvalue weighted by molar-refractivity contribution is 0.589. The molecule has 0 bridgehead atoms. The van der Waals surface area contributed by atoms with Crippen molar-refractivity contribution in [3.8, 4) is 0 Å². The van der Waals surface area contributed by atoms with Crippen LogP contribution in [0.4, 0.5) is 0 Å². The van der Waals surface area contributed by atoms with Gasteiger partial charge in [0.15, 0.2) is 0 Å². The second-order valence-electron chi connectivity index (χ2n) is 4.41. The zero-order valence-corrected chi connectivity index (χ0v) is 11.4. The first-order chi connectivity index (χ1) is 8.63.